The largest absolute Gasteiger partial charge is 0.464 e. The van der Waals surface area contributed by atoms with Gasteiger partial charge in [-0.2, -0.15) is 15.0 Å². The second kappa shape index (κ2) is 6.06. The van der Waals surface area contributed by atoms with Gasteiger partial charge in [-0.3, -0.25) is 5.43 Å². The summed E-state index contributed by atoms with van der Waals surface area (Å²) in [5.74, 6) is 6.50. The number of nitrogens with two attached hydrogens (primary N) is 1. The van der Waals surface area contributed by atoms with E-state index in [1.165, 1.54) is 0 Å². The maximum atomic E-state index is 5.25. The van der Waals surface area contributed by atoms with E-state index in [4.69, 9.17) is 10.6 Å². The van der Waals surface area contributed by atoms with E-state index >= 15 is 0 Å². The van der Waals surface area contributed by atoms with Crippen LogP contribution in [0.5, 0.6) is 6.01 Å². The van der Waals surface area contributed by atoms with Crippen LogP contribution in [0.1, 0.15) is 20.8 Å². The van der Waals surface area contributed by atoms with Crippen LogP contribution >= 0.6 is 0 Å². The maximum absolute atomic E-state index is 5.25. The Morgan fingerprint density at radius 2 is 1.94 bits per heavy atom. The predicted octanol–water partition coefficient (Wildman–Crippen LogP) is 0.624. The van der Waals surface area contributed by atoms with Gasteiger partial charge in [0.25, 0.3) is 0 Å². The van der Waals surface area contributed by atoms with E-state index in [1.54, 1.807) is 0 Å². The minimum Gasteiger partial charge on any atom is -0.464 e. The molecule has 0 aromatic carbocycles. The van der Waals surface area contributed by atoms with E-state index in [1.807, 2.05) is 6.92 Å². The van der Waals surface area contributed by atoms with Gasteiger partial charge in [-0.25, -0.2) is 5.84 Å². The number of hydrogen-bond donors (Lipinski definition) is 3. The smallest absolute Gasteiger partial charge is 0.323 e. The Morgan fingerprint density at radius 1 is 1.25 bits per heavy atom. The highest BCUT2D eigenvalue weighted by atomic mass is 16.5. The zero-order chi connectivity index (χ0) is 12.0. The highest BCUT2D eigenvalue weighted by Crippen LogP contribution is 2.10. The van der Waals surface area contributed by atoms with Crippen LogP contribution in [0, 0.1) is 5.92 Å². The molecular weight excluding hydrogens is 208 g/mol. The van der Waals surface area contributed by atoms with Crippen LogP contribution < -0.4 is 21.3 Å². The van der Waals surface area contributed by atoms with Crippen molar-refractivity contribution >= 4 is 11.9 Å². The molecule has 0 aliphatic carbocycles. The van der Waals surface area contributed by atoms with Gasteiger partial charge in [0, 0.05) is 6.54 Å². The summed E-state index contributed by atoms with van der Waals surface area (Å²) in [6, 6.07) is 0.261. The number of hydrogen-bond acceptors (Lipinski definition) is 7. The SMILES string of the molecule is CCOc1nc(NN)nc(NCC(C)C)n1. The first-order valence-corrected chi connectivity index (χ1v) is 5.25. The third kappa shape index (κ3) is 3.85. The van der Waals surface area contributed by atoms with Crippen molar-refractivity contribution in [3.8, 4) is 6.01 Å². The van der Waals surface area contributed by atoms with Gasteiger partial charge in [-0.15, -0.1) is 0 Å². The van der Waals surface area contributed by atoms with Crippen LogP contribution in [-0.4, -0.2) is 28.1 Å². The first-order valence-electron chi connectivity index (χ1n) is 5.25. The van der Waals surface area contributed by atoms with Crippen molar-refractivity contribution in [3.63, 3.8) is 0 Å². The van der Waals surface area contributed by atoms with Gasteiger partial charge in [0.05, 0.1) is 6.61 Å². The molecule has 0 spiro atoms. The minimum absolute atomic E-state index is 0.261. The van der Waals surface area contributed by atoms with E-state index in [2.05, 4.69) is 39.5 Å². The van der Waals surface area contributed by atoms with Crippen molar-refractivity contribution in [2.45, 2.75) is 20.8 Å². The normalized spacial score (nSPS) is 10.3. The van der Waals surface area contributed by atoms with Crippen molar-refractivity contribution in [3.05, 3.63) is 0 Å². The quantitative estimate of drug-likeness (QED) is 0.483. The minimum atomic E-state index is 0.261. The lowest BCUT2D eigenvalue weighted by Gasteiger charge is -2.09. The molecule has 0 bridgehead atoms. The molecule has 7 nitrogen and oxygen atoms in total. The number of nitrogen functional groups attached to an aromatic ring is 1. The lowest BCUT2D eigenvalue weighted by atomic mass is 10.2. The number of ether oxygens (including phenoxy) is 1. The summed E-state index contributed by atoms with van der Waals surface area (Å²) in [5, 5.41) is 3.08. The van der Waals surface area contributed by atoms with E-state index < -0.39 is 0 Å². The van der Waals surface area contributed by atoms with Crippen molar-refractivity contribution in [1.29, 1.82) is 0 Å². The highest BCUT2D eigenvalue weighted by molar-refractivity contribution is 5.34. The van der Waals surface area contributed by atoms with Gasteiger partial charge in [0.15, 0.2) is 0 Å². The fourth-order valence-electron chi connectivity index (χ4n) is 0.989. The van der Waals surface area contributed by atoms with Crippen molar-refractivity contribution in [2.75, 3.05) is 23.9 Å². The Morgan fingerprint density at radius 3 is 2.50 bits per heavy atom. The molecule has 0 unspecified atom stereocenters. The first kappa shape index (κ1) is 12.4. The third-order valence-corrected chi connectivity index (χ3v) is 1.69. The molecule has 0 radical (unpaired) electrons. The summed E-state index contributed by atoms with van der Waals surface area (Å²) in [7, 11) is 0. The average Bonchev–Trinajstić information content (AvgIpc) is 2.26. The van der Waals surface area contributed by atoms with Gasteiger partial charge in [-0.1, -0.05) is 13.8 Å². The van der Waals surface area contributed by atoms with Crippen molar-refractivity contribution in [2.24, 2.45) is 11.8 Å². The van der Waals surface area contributed by atoms with Crippen LogP contribution in [0.4, 0.5) is 11.9 Å². The van der Waals surface area contributed by atoms with Crippen LogP contribution in [-0.2, 0) is 0 Å². The molecule has 0 aliphatic heterocycles. The number of hydrazine groups is 1. The van der Waals surface area contributed by atoms with E-state index in [-0.39, 0.29) is 12.0 Å². The highest BCUT2D eigenvalue weighted by Gasteiger charge is 2.06. The predicted molar refractivity (Wildman–Crippen MR) is 62.1 cm³/mol. The van der Waals surface area contributed by atoms with Gasteiger partial charge in [-0.05, 0) is 12.8 Å². The standard InChI is InChI=1S/C9H18N6O/c1-4-16-9-13-7(11-5-6(2)3)12-8(14-9)15-10/h6H,4-5,10H2,1-3H3,(H2,11,12,13,14,15). The summed E-state index contributed by atoms with van der Waals surface area (Å²) in [5.41, 5.74) is 2.37. The summed E-state index contributed by atoms with van der Waals surface area (Å²) in [6.07, 6.45) is 0. The van der Waals surface area contributed by atoms with Crippen LogP contribution in [0.25, 0.3) is 0 Å². The van der Waals surface area contributed by atoms with E-state index in [0.29, 0.717) is 18.5 Å². The molecule has 0 atom stereocenters. The lowest BCUT2D eigenvalue weighted by molar-refractivity contribution is 0.312. The van der Waals surface area contributed by atoms with E-state index in [9.17, 15) is 0 Å². The molecule has 1 rings (SSSR count). The van der Waals surface area contributed by atoms with Crippen LogP contribution in [0.2, 0.25) is 0 Å². The summed E-state index contributed by atoms with van der Waals surface area (Å²) in [6.45, 7) is 7.33. The van der Waals surface area contributed by atoms with Gasteiger partial charge < -0.3 is 10.1 Å². The number of rotatable bonds is 6. The Kier molecular flexibility index (Phi) is 4.71. The fraction of sp³-hybridized carbons (Fsp3) is 0.667. The number of anilines is 2. The Hall–Kier alpha value is -1.63. The molecule has 16 heavy (non-hydrogen) atoms. The molecule has 90 valence electrons. The topological polar surface area (TPSA) is 98.0 Å². The van der Waals surface area contributed by atoms with E-state index in [0.717, 1.165) is 6.54 Å². The van der Waals surface area contributed by atoms with Crippen molar-refractivity contribution < 1.29 is 4.74 Å². The number of nitrogens with zero attached hydrogens (tertiary/aromatic N) is 3. The Labute approximate surface area is 94.8 Å². The Bertz CT molecular complexity index is 330. The van der Waals surface area contributed by atoms with Gasteiger partial charge >= 0.3 is 6.01 Å². The molecule has 4 N–H and O–H groups in total. The van der Waals surface area contributed by atoms with Crippen molar-refractivity contribution in [1.82, 2.24) is 15.0 Å². The zero-order valence-corrected chi connectivity index (χ0v) is 9.82. The molecule has 0 fully saturated rings. The molecule has 0 aliphatic rings. The molecule has 0 saturated heterocycles. The molecular formula is C9H18N6O. The molecule has 0 amide bonds. The van der Waals surface area contributed by atoms with Crippen LogP contribution in [0.3, 0.4) is 0 Å². The first-order chi connectivity index (χ1) is 7.65. The molecule has 1 heterocycles. The zero-order valence-electron chi connectivity index (χ0n) is 9.82. The number of aromatic nitrogens is 3. The molecule has 1 aromatic rings. The summed E-state index contributed by atoms with van der Waals surface area (Å²) >= 11 is 0. The van der Waals surface area contributed by atoms with Gasteiger partial charge in [0.1, 0.15) is 0 Å². The van der Waals surface area contributed by atoms with Crippen LogP contribution in [0.15, 0.2) is 0 Å². The molecule has 1 aromatic heterocycles. The average molecular weight is 226 g/mol. The Balaban J connectivity index is 2.77. The second-order valence-corrected chi connectivity index (χ2v) is 3.62. The van der Waals surface area contributed by atoms with Gasteiger partial charge in [0.2, 0.25) is 11.9 Å². The number of nitrogens with one attached hydrogen (secondary N) is 2. The second-order valence-electron chi connectivity index (χ2n) is 3.62. The lowest BCUT2D eigenvalue weighted by Crippen LogP contribution is -2.16. The summed E-state index contributed by atoms with van der Waals surface area (Å²) < 4.78 is 5.20. The monoisotopic (exact) mass is 226 g/mol. The fourth-order valence-corrected chi connectivity index (χ4v) is 0.989. The third-order valence-electron chi connectivity index (χ3n) is 1.69. The summed E-state index contributed by atoms with van der Waals surface area (Å²) in [4.78, 5) is 12.1. The maximum Gasteiger partial charge on any atom is 0.323 e. The molecule has 7 heteroatoms. The molecule has 0 saturated carbocycles.